The molecule has 18 heavy (non-hydrogen) atoms. The Morgan fingerprint density at radius 1 is 1.17 bits per heavy atom. The van der Waals surface area contributed by atoms with E-state index >= 15 is 0 Å². The van der Waals surface area contributed by atoms with Crippen molar-refractivity contribution in [3.63, 3.8) is 0 Å². The van der Waals surface area contributed by atoms with Crippen LogP contribution in [0, 0.1) is 19.7 Å². The molecule has 1 unspecified atom stereocenters. The van der Waals surface area contributed by atoms with Crippen molar-refractivity contribution >= 4 is 11.6 Å². The van der Waals surface area contributed by atoms with Crippen LogP contribution in [0.25, 0.3) is 0 Å². The Kier molecular flexibility index (Phi) is 3.64. The first-order valence-electron chi connectivity index (χ1n) is 5.63. The van der Waals surface area contributed by atoms with Crippen LogP contribution in [0.2, 0.25) is 5.02 Å². The third-order valence-electron chi connectivity index (χ3n) is 2.89. The molecule has 2 rings (SSSR count). The van der Waals surface area contributed by atoms with Gasteiger partial charge in [-0.25, -0.2) is 4.39 Å². The number of benzene rings is 1. The summed E-state index contributed by atoms with van der Waals surface area (Å²) in [5.74, 6) is -0.345. The molecule has 1 aromatic carbocycles. The number of aromatic nitrogens is 1. The van der Waals surface area contributed by atoms with Crippen LogP contribution in [0.1, 0.15) is 28.6 Å². The number of hydrogen-bond acceptors (Lipinski definition) is 2. The number of pyridine rings is 1. The maximum absolute atomic E-state index is 13.3. The zero-order valence-corrected chi connectivity index (χ0v) is 11.0. The van der Waals surface area contributed by atoms with Gasteiger partial charge >= 0.3 is 0 Å². The van der Waals surface area contributed by atoms with Gasteiger partial charge in [-0.15, -0.1) is 0 Å². The first kappa shape index (κ1) is 13.0. The van der Waals surface area contributed by atoms with Gasteiger partial charge in [-0.2, -0.15) is 0 Å². The van der Waals surface area contributed by atoms with E-state index in [4.69, 9.17) is 17.3 Å². The van der Waals surface area contributed by atoms with Crippen molar-refractivity contribution in [2.75, 3.05) is 0 Å². The van der Waals surface area contributed by atoms with Gasteiger partial charge in [0.05, 0.1) is 6.04 Å². The first-order valence-corrected chi connectivity index (χ1v) is 6.01. The van der Waals surface area contributed by atoms with Crippen LogP contribution in [0.5, 0.6) is 0 Å². The van der Waals surface area contributed by atoms with E-state index in [9.17, 15) is 4.39 Å². The van der Waals surface area contributed by atoms with Gasteiger partial charge in [-0.05, 0) is 49.2 Å². The van der Waals surface area contributed by atoms with Gasteiger partial charge in [0.2, 0.25) is 0 Å². The van der Waals surface area contributed by atoms with E-state index in [1.165, 1.54) is 18.2 Å². The van der Waals surface area contributed by atoms with Gasteiger partial charge < -0.3 is 5.73 Å². The van der Waals surface area contributed by atoms with Crippen molar-refractivity contribution in [2.24, 2.45) is 5.73 Å². The van der Waals surface area contributed by atoms with Gasteiger partial charge in [-0.1, -0.05) is 17.7 Å². The van der Waals surface area contributed by atoms with E-state index in [0.717, 1.165) is 17.0 Å². The summed E-state index contributed by atoms with van der Waals surface area (Å²) >= 11 is 6.06. The summed E-state index contributed by atoms with van der Waals surface area (Å²) in [6.45, 7) is 3.80. The van der Waals surface area contributed by atoms with Crippen LogP contribution in [-0.4, -0.2) is 4.98 Å². The summed E-state index contributed by atoms with van der Waals surface area (Å²) in [5, 5.41) is 0.462. The second kappa shape index (κ2) is 5.04. The molecule has 0 bridgehead atoms. The molecule has 2 aromatic rings. The molecule has 0 saturated carbocycles. The van der Waals surface area contributed by atoms with Crippen LogP contribution in [-0.2, 0) is 0 Å². The maximum Gasteiger partial charge on any atom is 0.123 e. The molecule has 0 aliphatic rings. The van der Waals surface area contributed by atoms with E-state index in [1.54, 1.807) is 0 Å². The summed E-state index contributed by atoms with van der Waals surface area (Å²) in [5.41, 5.74) is 9.34. The van der Waals surface area contributed by atoms with E-state index in [-0.39, 0.29) is 5.82 Å². The van der Waals surface area contributed by atoms with Gasteiger partial charge in [0, 0.05) is 16.4 Å². The molecular formula is C14H14ClFN2. The minimum absolute atomic E-state index is 0.345. The maximum atomic E-state index is 13.3. The highest BCUT2D eigenvalue weighted by Gasteiger charge is 2.16. The predicted octanol–water partition coefficient (Wildman–Crippen LogP) is 3.54. The minimum atomic E-state index is -0.471. The molecule has 0 fully saturated rings. The topological polar surface area (TPSA) is 38.9 Å². The lowest BCUT2D eigenvalue weighted by Gasteiger charge is -2.16. The molecule has 0 radical (unpaired) electrons. The smallest absolute Gasteiger partial charge is 0.123 e. The van der Waals surface area contributed by atoms with Crippen LogP contribution >= 0.6 is 11.6 Å². The fourth-order valence-corrected chi connectivity index (χ4v) is 2.18. The molecular weight excluding hydrogens is 251 g/mol. The van der Waals surface area contributed by atoms with Crippen molar-refractivity contribution in [1.29, 1.82) is 0 Å². The lowest BCUT2D eigenvalue weighted by atomic mass is 9.98. The Hall–Kier alpha value is -1.45. The summed E-state index contributed by atoms with van der Waals surface area (Å²) < 4.78 is 13.3. The highest BCUT2D eigenvalue weighted by atomic mass is 35.5. The van der Waals surface area contributed by atoms with E-state index < -0.39 is 6.04 Å². The first-order chi connectivity index (χ1) is 8.49. The van der Waals surface area contributed by atoms with Gasteiger partial charge in [0.25, 0.3) is 0 Å². The summed E-state index contributed by atoms with van der Waals surface area (Å²) in [7, 11) is 0. The van der Waals surface area contributed by atoms with Crippen molar-refractivity contribution in [3.05, 3.63) is 63.7 Å². The van der Waals surface area contributed by atoms with Crippen molar-refractivity contribution in [1.82, 2.24) is 4.98 Å². The number of halogens is 2. The molecule has 1 aromatic heterocycles. The quantitative estimate of drug-likeness (QED) is 0.901. The van der Waals surface area contributed by atoms with E-state index in [1.807, 2.05) is 26.0 Å². The van der Waals surface area contributed by atoms with Crippen LogP contribution in [0.15, 0.2) is 30.3 Å². The molecule has 1 atom stereocenters. The molecule has 2 nitrogen and oxygen atoms in total. The van der Waals surface area contributed by atoms with Gasteiger partial charge in [-0.3, -0.25) is 4.98 Å². The van der Waals surface area contributed by atoms with Crippen molar-refractivity contribution in [3.8, 4) is 0 Å². The molecule has 94 valence electrons. The molecule has 2 N–H and O–H groups in total. The number of rotatable bonds is 2. The average Bonchev–Trinajstić information content (AvgIpc) is 2.31. The molecule has 0 spiro atoms. The predicted molar refractivity (Wildman–Crippen MR) is 71.2 cm³/mol. The van der Waals surface area contributed by atoms with Crippen LogP contribution in [0.4, 0.5) is 4.39 Å². The largest absolute Gasteiger partial charge is 0.320 e. The monoisotopic (exact) mass is 264 g/mol. The van der Waals surface area contributed by atoms with Crippen molar-refractivity contribution in [2.45, 2.75) is 19.9 Å². The summed E-state index contributed by atoms with van der Waals surface area (Å²) in [6.07, 6.45) is 0. The Morgan fingerprint density at radius 2 is 1.89 bits per heavy atom. The molecule has 0 aliphatic carbocycles. The van der Waals surface area contributed by atoms with Crippen molar-refractivity contribution < 1.29 is 4.39 Å². The Bertz CT molecular complexity index is 584. The fraction of sp³-hybridized carbons (Fsp3) is 0.214. The lowest BCUT2D eigenvalue weighted by Crippen LogP contribution is -2.15. The normalized spacial score (nSPS) is 12.5. The zero-order chi connectivity index (χ0) is 13.3. The van der Waals surface area contributed by atoms with Crippen LogP contribution in [0.3, 0.4) is 0 Å². The molecule has 1 heterocycles. The van der Waals surface area contributed by atoms with E-state index in [2.05, 4.69) is 4.98 Å². The summed E-state index contributed by atoms with van der Waals surface area (Å²) in [6, 6.07) is 7.52. The number of nitrogens with two attached hydrogens (primary N) is 1. The Balaban J connectivity index is 2.47. The van der Waals surface area contributed by atoms with Gasteiger partial charge in [0.1, 0.15) is 5.82 Å². The summed E-state index contributed by atoms with van der Waals surface area (Å²) in [4.78, 5) is 4.36. The number of hydrogen-bond donors (Lipinski definition) is 1. The second-order valence-corrected chi connectivity index (χ2v) is 4.68. The minimum Gasteiger partial charge on any atom is -0.320 e. The second-order valence-electron chi connectivity index (χ2n) is 4.27. The Labute approximate surface area is 111 Å². The lowest BCUT2D eigenvalue weighted by molar-refractivity contribution is 0.623. The van der Waals surface area contributed by atoms with Crippen LogP contribution < -0.4 is 5.73 Å². The number of aryl methyl sites for hydroxylation is 2. The highest BCUT2D eigenvalue weighted by molar-refractivity contribution is 6.31. The molecule has 4 heteroatoms. The third-order valence-corrected chi connectivity index (χ3v) is 3.24. The molecule has 0 saturated heterocycles. The Morgan fingerprint density at radius 3 is 2.56 bits per heavy atom. The molecule has 0 aliphatic heterocycles. The van der Waals surface area contributed by atoms with E-state index in [0.29, 0.717) is 10.6 Å². The highest BCUT2D eigenvalue weighted by Crippen LogP contribution is 2.28. The molecule has 0 amide bonds. The fourth-order valence-electron chi connectivity index (χ4n) is 1.95. The van der Waals surface area contributed by atoms with Gasteiger partial charge in [0.15, 0.2) is 0 Å². The third kappa shape index (κ3) is 2.52. The average molecular weight is 265 g/mol. The SMILES string of the molecule is Cc1ccc(C(N)c2cc(F)ccc2Cl)c(C)n1. The number of nitrogens with zero attached hydrogens (tertiary/aromatic N) is 1. The zero-order valence-electron chi connectivity index (χ0n) is 10.2. The standard InChI is InChI=1S/C14H14ClFN2/c1-8-3-5-11(9(2)18-8)14(17)12-7-10(16)4-6-13(12)15/h3-7,14H,17H2,1-2H3.